The normalized spacial score (nSPS) is 13.2. The second-order valence-electron chi connectivity index (χ2n) is 4.62. The van der Waals surface area contributed by atoms with Crippen LogP contribution < -0.4 is 5.32 Å². The summed E-state index contributed by atoms with van der Waals surface area (Å²) in [4.78, 5) is 5.70. The van der Waals surface area contributed by atoms with Crippen LogP contribution in [0, 0.1) is 13.8 Å². The minimum absolute atomic E-state index is 0.0670. The lowest BCUT2D eigenvalue weighted by atomic mass is 10.2. The Hall–Kier alpha value is -1.21. The fraction of sp³-hybridized carbons (Fsp3) is 0.357. The lowest BCUT2D eigenvalue weighted by molar-refractivity contribution is -0.0328. The monoisotopic (exact) mass is 332 g/mol. The molecule has 21 heavy (non-hydrogen) atoms. The molecule has 2 nitrogen and oxygen atoms in total. The smallest absolute Gasteiger partial charge is 0.378 e. The first-order valence-electron chi connectivity index (χ1n) is 6.31. The Morgan fingerprint density at radius 3 is 2.29 bits per heavy atom. The maximum Gasteiger partial charge on any atom is 0.446 e. The first kappa shape index (κ1) is 16.2. The van der Waals surface area contributed by atoms with Crippen LogP contribution in [0.5, 0.6) is 0 Å². The van der Waals surface area contributed by atoms with Gasteiger partial charge in [-0.15, -0.1) is 11.3 Å². The van der Waals surface area contributed by atoms with Crippen molar-refractivity contribution in [1.82, 2.24) is 4.98 Å². The van der Waals surface area contributed by atoms with Crippen molar-refractivity contribution in [1.29, 1.82) is 0 Å². The van der Waals surface area contributed by atoms with Crippen molar-refractivity contribution in [2.24, 2.45) is 0 Å². The van der Waals surface area contributed by atoms with Crippen LogP contribution in [-0.4, -0.2) is 10.5 Å². The molecule has 0 bridgehead atoms. The Balaban J connectivity index is 2.05. The number of aromatic nitrogens is 1. The molecule has 1 N–H and O–H groups in total. The summed E-state index contributed by atoms with van der Waals surface area (Å²) in [5.41, 5.74) is -2.47. The lowest BCUT2D eigenvalue weighted by Crippen LogP contribution is -2.06. The Bertz CT molecular complexity index is 606. The molecule has 0 fully saturated rings. The zero-order chi connectivity index (χ0) is 15.6. The number of nitrogens with zero attached hydrogens (tertiary/aromatic N) is 1. The van der Waals surface area contributed by atoms with Crippen molar-refractivity contribution < 1.29 is 13.2 Å². The molecular formula is C14H15F3N2S2. The fourth-order valence-corrected chi connectivity index (χ4v) is 3.49. The third-order valence-electron chi connectivity index (χ3n) is 2.80. The first-order chi connectivity index (χ1) is 9.74. The molecule has 0 saturated carbocycles. The SMILES string of the molecule is Cc1nc(C)c(C(C)Nc2ccc(SC(F)(F)F)cc2)s1. The van der Waals surface area contributed by atoms with Crippen molar-refractivity contribution in [2.75, 3.05) is 5.32 Å². The topological polar surface area (TPSA) is 24.9 Å². The number of aryl methyl sites for hydroxylation is 2. The highest BCUT2D eigenvalue weighted by molar-refractivity contribution is 8.00. The third kappa shape index (κ3) is 4.64. The highest BCUT2D eigenvalue weighted by Gasteiger charge is 2.29. The Labute approximate surface area is 129 Å². The standard InChI is InChI=1S/C14H15F3N2S2/c1-8-13(20-10(3)18-8)9(2)19-11-4-6-12(7-5-11)21-14(15,16)17/h4-7,9,19H,1-3H3. The number of thiazole rings is 1. The van der Waals surface area contributed by atoms with E-state index in [1.54, 1.807) is 23.5 Å². The molecule has 0 amide bonds. The van der Waals surface area contributed by atoms with E-state index < -0.39 is 5.51 Å². The fourth-order valence-electron chi connectivity index (χ4n) is 2.02. The number of anilines is 1. The van der Waals surface area contributed by atoms with Gasteiger partial charge in [-0.05, 0) is 56.8 Å². The molecular weight excluding hydrogens is 317 g/mol. The van der Waals surface area contributed by atoms with E-state index in [2.05, 4.69) is 10.3 Å². The average Bonchev–Trinajstić information content (AvgIpc) is 2.69. The Morgan fingerprint density at radius 1 is 1.19 bits per heavy atom. The van der Waals surface area contributed by atoms with Gasteiger partial charge in [0.2, 0.25) is 0 Å². The molecule has 2 aromatic rings. The van der Waals surface area contributed by atoms with E-state index in [0.717, 1.165) is 21.3 Å². The molecule has 1 heterocycles. The van der Waals surface area contributed by atoms with Gasteiger partial charge in [0.25, 0.3) is 0 Å². The number of hydrogen-bond acceptors (Lipinski definition) is 4. The highest BCUT2D eigenvalue weighted by Crippen LogP contribution is 2.37. The average molecular weight is 332 g/mol. The zero-order valence-electron chi connectivity index (χ0n) is 11.8. The molecule has 0 aliphatic carbocycles. The molecule has 2 rings (SSSR count). The van der Waals surface area contributed by atoms with Gasteiger partial charge < -0.3 is 5.32 Å². The molecule has 0 aliphatic rings. The lowest BCUT2D eigenvalue weighted by Gasteiger charge is -2.15. The van der Waals surface area contributed by atoms with Crippen LogP contribution in [0.15, 0.2) is 29.2 Å². The number of hydrogen-bond donors (Lipinski definition) is 1. The predicted octanol–water partition coefficient (Wildman–Crippen LogP) is 5.54. The molecule has 1 unspecified atom stereocenters. The molecule has 1 atom stereocenters. The summed E-state index contributed by atoms with van der Waals surface area (Å²) in [6.45, 7) is 5.93. The Kier molecular flexibility index (Phi) is 4.83. The van der Waals surface area contributed by atoms with E-state index in [1.165, 1.54) is 12.1 Å². The summed E-state index contributed by atoms with van der Waals surface area (Å²) in [6, 6.07) is 6.33. The minimum Gasteiger partial charge on any atom is -0.378 e. The van der Waals surface area contributed by atoms with E-state index in [0.29, 0.717) is 0 Å². The van der Waals surface area contributed by atoms with Crippen molar-refractivity contribution in [3.05, 3.63) is 39.8 Å². The van der Waals surface area contributed by atoms with Crippen molar-refractivity contribution in [2.45, 2.75) is 37.2 Å². The summed E-state index contributed by atoms with van der Waals surface area (Å²) in [7, 11) is 0. The summed E-state index contributed by atoms with van der Waals surface area (Å²) in [5, 5.41) is 4.29. The molecule has 1 aromatic carbocycles. The molecule has 1 aromatic heterocycles. The highest BCUT2D eigenvalue weighted by atomic mass is 32.2. The molecule has 7 heteroatoms. The molecule has 0 spiro atoms. The maximum atomic E-state index is 12.3. The second-order valence-corrected chi connectivity index (χ2v) is 6.99. The summed E-state index contributed by atoms with van der Waals surface area (Å²) in [6.07, 6.45) is 0. The van der Waals surface area contributed by atoms with Crippen molar-refractivity contribution in [3.8, 4) is 0 Å². The van der Waals surface area contributed by atoms with Gasteiger partial charge in [-0.3, -0.25) is 0 Å². The van der Waals surface area contributed by atoms with Crippen molar-refractivity contribution in [3.63, 3.8) is 0 Å². The molecule has 0 radical (unpaired) electrons. The number of alkyl halides is 3. The first-order valence-corrected chi connectivity index (χ1v) is 7.94. The van der Waals surface area contributed by atoms with E-state index in [-0.39, 0.29) is 22.7 Å². The summed E-state index contributed by atoms with van der Waals surface area (Å²) >= 11 is 1.52. The minimum atomic E-state index is -4.25. The molecule has 0 saturated heterocycles. The van der Waals surface area contributed by atoms with Crippen LogP contribution in [0.2, 0.25) is 0 Å². The molecule has 0 aliphatic heterocycles. The van der Waals surface area contributed by atoms with Gasteiger partial charge in [-0.2, -0.15) is 13.2 Å². The van der Waals surface area contributed by atoms with Gasteiger partial charge in [0, 0.05) is 15.5 Å². The van der Waals surface area contributed by atoms with Gasteiger partial charge in [0.05, 0.1) is 16.7 Å². The number of rotatable bonds is 4. The largest absolute Gasteiger partial charge is 0.446 e. The van der Waals surface area contributed by atoms with Gasteiger partial charge in [0.15, 0.2) is 0 Å². The van der Waals surface area contributed by atoms with Crippen LogP contribution in [-0.2, 0) is 0 Å². The quantitative estimate of drug-likeness (QED) is 0.744. The van der Waals surface area contributed by atoms with Gasteiger partial charge in [-0.25, -0.2) is 4.98 Å². The van der Waals surface area contributed by atoms with E-state index in [1.807, 2.05) is 20.8 Å². The Morgan fingerprint density at radius 2 is 1.81 bits per heavy atom. The molecule has 114 valence electrons. The van der Waals surface area contributed by atoms with E-state index >= 15 is 0 Å². The number of benzene rings is 1. The van der Waals surface area contributed by atoms with Gasteiger partial charge in [-0.1, -0.05) is 0 Å². The van der Waals surface area contributed by atoms with Gasteiger partial charge in [0.1, 0.15) is 0 Å². The third-order valence-corrected chi connectivity index (χ3v) is 4.80. The second kappa shape index (κ2) is 6.27. The van der Waals surface area contributed by atoms with Crippen LogP contribution >= 0.6 is 23.1 Å². The van der Waals surface area contributed by atoms with Crippen LogP contribution in [0.25, 0.3) is 0 Å². The number of thioether (sulfide) groups is 1. The maximum absolute atomic E-state index is 12.3. The predicted molar refractivity (Wildman–Crippen MR) is 82.0 cm³/mol. The summed E-state index contributed by atoms with van der Waals surface area (Å²) < 4.78 is 36.8. The van der Waals surface area contributed by atoms with E-state index in [4.69, 9.17) is 0 Å². The van der Waals surface area contributed by atoms with E-state index in [9.17, 15) is 13.2 Å². The number of nitrogens with one attached hydrogen (secondary N) is 1. The van der Waals surface area contributed by atoms with Crippen LogP contribution in [0.4, 0.5) is 18.9 Å². The van der Waals surface area contributed by atoms with Crippen molar-refractivity contribution >= 4 is 28.8 Å². The zero-order valence-corrected chi connectivity index (χ0v) is 13.4. The van der Waals surface area contributed by atoms with Gasteiger partial charge >= 0.3 is 5.51 Å². The summed E-state index contributed by atoms with van der Waals surface area (Å²) in [5.74, 6) is 0. The van der Waals surface area contributed by atoms with Crippen LogP contribution in [0.1, 0.15) is 28.5 Å². The van der Waals surface area contributed by atoms with Crippen LogP contribution in [0.3, 0.4) is 0 Å². The number of halogens is 3.